The number of aromatic nitrogens is 2. The van der Waals surface area contributed by atoms with Gasteiger partial charge in [-0.05, 0) is 33.4 Å². The fourth-order valence-electron chi connectivity index (χ4n) is 1.25. The minimum Gasteiger partial charge on any atom is -0.272 e. The predicted molar refractivity (Wildman–Crippen MR) is 72.2 cm³/mol. The molecule has 0 aliphatic carbocycles. The van der Waals surface area contributed by atoms with Crippen molar-refractivity contribution in [2.24, 2.45) is 0 Å². The van der Waals surface area contributed by atoms with E-state index in [4.69, 9.17) is 0 Å². The molecule has 0 fully saturated rings. The lowest BCUT2D eigenvalue weighted by atomic mass is 10.2. The SMILES string of the molecule is O=c1[nH]c(=O)n(SCc2ccccc2)cc1Br. The molecule has 0 saturated heterocycles. The van der Waals surface area contributed by atoms with Gasteiger partial charge in [-0.1, -0.05) is 30.3 Å². The molecule has 88 valence electrons. The fourth-order valence-corrected chi connectivity index (χ4v) is 2.51. The Hall–Kier alpha value is -1.27. The molecule has 0 amide bonds. The van der Waals surface area contributed by atoms with Gasteiger partial charge in [-0.2, -0.15) is 0 Å². The van der Waals surface area contributed by atoms with Crippen LogP contribution in [-0.2, 0) is 5.75 Å². The van der Waals surface area contributed by atoms with Crippen molar-refractivity contribution in [3.63, 3.8) is 0 Å². The molecule has 0 atom stereocenters. The van der Waals surface area contributed by atoms with Crippen molar-refractivity contribution in [3.8, 4) is 0 Å². The van der Waals surface area contributed by atoms with Crippen molar-refractivity contribution >= 4 is 27.9 Å². The predicted octanol–water partition coefficient (Wildman–Crippen LogP) is 2.00. The van der Waals surface area contributed by atoms with Crippen LogP contribution in [0.5, 0.6) is 0 Å². The number of H-pyrrole nitrogens is 1. The average molecular weight is 313 g/mol. The second-order valence-electron chi connectivity index (χ2n) is 3.32. The Labute approximate surface area is 110 Å². The van der Waals surface area contributed by atoms with Gasteiger partial charge in [0.05, 0.1) is 0 Å². The first kappa shape index (κ1) is 12.2. The largest absolute Gasteiger partial charge is 0.338 e. The molecule has 0 radical (unpaired) electrons. The smallest absolute Gasteiger partial charge is 0.272 e. The highest BCUT2D eigenvalue weighted by Gasteiger charge is 2.02. The molecule has 1 aromatic carbocycles. The van der Waals surface area contributed by atoms with E-state index in [0.717, 1.165) is 5.56 Å². The molecule has 0 spiro atoms. The van der Waals surface area contributed by atoms with Gasteiger partial charge >= 0.3 is 5.69 Å². The highest BCUT2D eigenvalue weighted by atomic mass is 79.9. The third kappa shape index (κ3) is 3.10. The first-order valence-electron chi connectivity index (χ1n) is 4.85. The summed E-state index contributed by atoms with van der Waals surface area (Å²) in [4.78, 5) is 24.8. The monoisotopic (exact) mass is 312 g/mol. The molecule has 6 heteroatoms. The molecule has 17 heavy (non-hydrogen) atoms. The zero-order valence-corrected chi connectivity index (χ0v) is 11.1. The van der Waals surface area contributed by atoms with Gasteiger partial charge in [0, 0.05) is 11.9 Å². The summed E-state index contributed by atoms with van der Waals surface area (Å²) in [5.41, 5.74) is 0.289. The summed E-state index contributed by atoms with van der Waals surface area (Å²) < 4.78 is 1.75. The number of halogens is 1. The van der Waals surface area contributed by atoms with Gasteiger partial charge in [0.2, 0.25) is 0 Å². The number of benzene rings is 1. The number of hydrogen-bond donors (Lipinski definition) is 1. The quantitative estimate of drug-likeness (QED) is 0.943. The molecule has 0 unspecified atom stereocenters. The van der Waals surface area contributed by atoms with E-state index >= 15 is 0 Å². The molecule has 0 aliphatic rings. The molecule has 0 saturated carbocycles. The van der Waals surface area contributed by atoms with Gasteiger partial charge in [0.25, 0.3) is 5.56 Å². The van der Waals surface area contributed by atoms with E-state index in [1.165, 1.54) is 22.1 Å². The van der Waals surface area contributed by atoms with Crippen molar-refractivity contribution < 1.29 is 0 Å². The van der Waals surface area contributed by atoms with Crippen molar-refractivity contribution in [3.05, 3.63) is 67.4 Å². The second-order valence-corrected chi connectivity index (χ2v) is 5.12. The molecule has 1 heterocycles. The summed E-state index contributed by atoms with van der Waals surface area (Å²) in [5.74, 6) is 0.666. The minimum absolute atomic E-state index is 0.345. The third-order valence-electron chi connectivity index (χ3n) is 2.08. The van der Waals surface area contributed by atoms with E-state index in [-0.39, 0.29) is 0 Å². The number of rotatable bonds is 3. The first-order valence-corrected chi connectivity index (χ1v) is 6.59. The molecule has 2 aromatic rings. The topological polar surface area (TPSA) is 54.9 Å². The van der Waals surface area contributed by atoms with Crippen molar-refractivity contribution in [1.29, 1.82) is 0 Å². The number of hydrogen-bond acceptors (Lipinski definition) is 3. The highest BCUT2D eigenvalue weighted by Crippen LogP contribution is 2.13. The zero-order chi connectivity index (χ0) is 12.3. The molecule has 4 nitrogen and oxygen atoms in total. The van der Waals surface area contributed by atoms with Crippen LogP contribution < -0.4 is 11.2 Å². The summed E-state index contributed by atoms with van der Waals surface area (Å²) in [6.45, 7) is 0. The Morgan fingerprint density at radius 1 is 1.24 bits per heavy atom. The van der Waals surface area contributed by atoms with E-state index in [1.54, 1.807) is 0 Å². The Balaban J connectivity index is 2.18. The third-order valence-corrected chi connectivity index (χ3v) is 3.66. The summed E-state index contributed by atoms with van der Waals surface area (Å²) >= 11 is 4.42. The van der Waals surface area contributed by atoms with Crippen LogP contribution in [0, 0.1) is 0 Å². The van der Waals surface area contributed by atoms with E-state index < -0.39 is 11.2 Å². The first-order chi connectivity index (χ1) is 8.16. The number of aromatic amines is 1. The van der Waals surface area contributed by atoms with Crippen LogP contribution in [0.1, 0.15) is 5.56 Å². The lowest BCUT2D eigenvalue weighted by Crippen LogP contribution is -2.26. The van der Waals surface area contributed by atoms with Crippen LogP contribution in [0.3, 0.4) is 0 Å². The molecular formula is C11H9BrN2O2S. The number of nitrogens with one attached hydrogen (secondary N) is 1. The average Bonchev–Trinajstić information content (AvgIpc) is 2.33. The van der Waals surface area contributed by atoms with Crippen molar-refractivity contribution in [2.45, 2.75) is 5.75 Å². The second kappa shape index (κ2) is 5.37. The minimum atomic E-state index is -0.417. The van der Waals surface area contributed by atoms with Gasteiger partial charge in [0.15, 0.2) is 0 Å². The maximum atomic E-state index is 11.5. The van der Waals surface area contributed by atoms with Gasteiger partial charge in [0.1, 0.15) is 4.47 Å². The van der Waals surface area contributed by atoms with Gasteiger partial charge < -0.3 is 0 Å². The van der Waals surface area contributed by atoms with E-state index in [0.29, 0.717) is 10.2 Å². The summed E-state index contributed by atoms with van der Waals surface area (Å²) in [7, 11) is 0. The molecule has 1 aromatic heterocycles. The van der Waals surface area contributed by atoms with Crippen LogP contribution in [0.25, 0.3) is 0 Å². The molecular weight excluding hydrogens is 304 g/mol. The van der Waals surface area contributed by atoms with Crippen LogP contribution in [0.2, 0.25) is 0 Å². The normalized spacial score (nSPS) is 10.4. The summed E-state index contributed by atoms with van der Waals surface area (Å²) in [6, 6.07) is 9.80. The molecule has 0 aliphatic heterocycles. The Morgan fingerprint density at radius 3 is 2.65 bits per heavy atom. The van der Waals surface area contributed by atoms with Crippen molar-refractivity contribution in [1.82, 2.24) is 8.96 Å². The Kier molecular flexibility index (Phi) is 3.86. The summed E-state index contributed by atoms with van der Waals surface area (Å²) in [5, 5.41) is 0. The van der Waals surface area contributed by atoms with E-state index in [9.17, 15) is 9.59 Å². The lowest BCUT2D eigenvalue weighted by molar-refractivity contribution is 0.974. The molecule has 0 bridgehead atoms. The summed E-state index contributed by atoms with van der Waals surface area (Å²) in [6.07, 6.45) is 1.48. The molecule has 1 N–H and O–H groups in total. The van der Waals surface area contributed by atoms with E-state index in [2.05, 4.69) is 20.9 Å². The van der Waals surface area contributed by atoms with Crippen molar-refractivity contribution in [2.75, 3.05) is 0 Å². The van der Waals surface area contributed by atoms with Crippen LogP contribution >= 0.6 is 27.9 Å². The Morgan fingerprint density at radius 2 is 1.94 bits per heavy atom. The van der Waals surface area contributed by atoms with E-state index in [1.807, 2.05) is 30.3 Å². The standard InChI is InChI=1S/C11H9BrN2O2S/c12-9-6-14(11(16)13-10(9)15)17-7-8-4-2-1-3-5-8/h1-6H,7H2,(H,13,15,16). The Bertz CT molecular complexity index is 621. The van der Waals surface area contributed by atoms with Gasteiger partial charge in [-0.3, -0.25) is 9.78 Å². The number of nitrogens with zero attached hydrogens (tertiary/aromatic N) is 1. The maximum Gasteiger partial charge on any atom is 0.338 e. The lowest BCUT2D eigenvalue weighted by Gasteiger charge is -2.04. The molecule has 2 rings (SSSR count). The highest BCUT2D eigenvalue weighted by molar-refractivity contribution is 9.10. The van der Waals surface area contributed by atoms with Crippen LogP contribution in [-0.4, -0.2) is 8.96 Å². The van der Waals surface area contributed by atoms with Crippen LogP contribution in [0.15, 0.2) is 50.6 Å². The van der Waals surface area contributed by atoms with Gasteiger partial charge in [-0.15, -0.1) is 0 Å². The van der Waals surface area contributed by atoms with Gasteiger partial charge in [-0.25, -0.2) is 8.77 Å². The zero-order valence-electron chi connectivity index (χ0n) is 8.72. The van der Waals surface area contributed by atoms with Crippen LogP contribution in [0.4, 0.5) is 0 Å². The maximum absolute atomic E-state index is 11.5. The fraction of sp³-hybridized carbons (Fsp3) is 0.0909.